The van der Waals surface area contributed by atoms with E-state index in [4.69, 9.17) is 9.40 Å². The van der Waals surface area contributed by atoms with Crippen molar-refractivity contribution in [3.63, 3.8) is 0 Å². The third kappa shape index (κ3) is 3.45. The Labute approximate surface area is 200 Å². The summed E-state index contributed by atoms with van der Waals surface area (Å²) in [5, 5.41) is 2.17. The van der Waals surface area contributed by atoms with E-state index in [9.17, 15) is 0 Å². The fraction of sp³-hybridized carbons (Fsp3) is 0.267. The number of pyridine rings is 2. The Bertz CT molecular complexity index is 1490. The molecule has 1 aliphatic heterocycles. The number of aromatic nitrogens is 2. The summed E-state index contributed by atoms with van der Waals surface area (Å²) in [4.78, 5) is 12.0. The predicted molar refractivity (Wildman–Crippen MR) is 139 cm³/mol. The van der Waals surface area contributed by atoms with Gasteiger partial charge in [0.1, 0.15) is 5.82 Å². The standard InChI is InChI=1S/C30H29N3O/c1-19-11-15-25-26-16-12-20(2)32-30(26)34-28(25)27(19)33-21(3)24(18-22-8-5-4-6-9-22)14-13-23-10-7-17-31-29(23)33/h4-12,15-17,21,24H,13-14,18H2,1-3H3/t21-,24?/m0/s1. The smallest absolute Gasteiger partial charge is 0.227 e. The van der Waals surface area contributed by atoms with Gasteiger partial charge in [0.05, 0.1) is 5.69 Å². The molecule has 34 heavy (non-hydrogen) atoms. The SMILES string of the molecule is Cc1ccc2c(n1)oc1c(N3c4ncccc4CCC(Cc4ccccc4)[C@@H]3C)c(C)ccc12. The Balaban J connectivity index is 1.56. The van der Waals surface area contributed by atoms with Crippen LogP contribution in [0.1, 0.15) is 35.7 Å². The molecule has 0 fully saturated rings. The molecule has 1 aliphatic rings. The van der Waals surface area contributed by atoms with Crippen LogP contribution in [0.2, 0.25) is 0 Å². The van der Waals surface area contributed by atoms with E-state index < -0.39 is 0 Å². The van der Waals surface area contributed by atoms with Crippen molar-refractivity contribution in [3.05, 3.63) is 95.3 Å². The first-order valence-electron chi connectivity index (χ1n) is 12.2. The lowest BCUT2D eigenvalue weighted by atomic mass is 9.88. The number of furan rings is 1. The highest BCUT2D eigenvalue weighted by atomic mass is 16.3. The molecule has 4 heterocycles. The highest BCUT2D eigenvalue weighted by molar-refractivity contribution is 6.09. The van der Waals surface area contributed by atoms with Gasteiger partial charge in [0, 0.05) is 28.7 Å². The van der Waals surface area contributed by atoms with Crippen molar-refractivity contribution in [1.29, 1.82) is 0 Å². The van der Waals surface area contributed by atoms with Gasteiger partial charge in [-0.15, -0.1) is 0 Å². The third-order valence-corrected chi connectivity index (χ3v) is 7.37. The molecule has 4 heteroatoms. The van der Waals surface area contributed by atoms with Crippen molar-refractivity contribution in [3.8, 4) is 0 Å². The molecule has 5 aromatic rings. The average molecular weight is 448 g/mol. The number of hydrogen-bond donors (Lipinski definition) is 0. The largest absolute Gasteiger partial charge is 0.435 e. The fourth-order valence-corrected chi connectivity index (χ4v) is 5.52. The minimum Gasteiger partial charge on any atom is -0.435 e. The highest BCUT2D eigenvalue weighted by Gasteiger charge is 2.33. The van der Waals surface area contributed by atoms with Crippen molar-refractivity contribution in [2.75, 3.05) is 4.90 Å². The van der Waals surface area contributed by atoms with E-state index in [0.29, 0.717) is 11.6 Å². The molecule has 0 saturated heterocycles. The zero-order valence-corrected chi connectivity index (χ0v) is 20.0. The number of nitrogens with zero attached hydrogens (tertiary/aromatic N) is 3. The van der Waals surface area contributed by atoms with Gasteiger partial charge < -0.3 is 9.32 Å². The topological polar surface area (TPSA) is 42.2 Å². The molecule has 0 spiro atoms. The number of aryl methyl sites for hydroxylation is 3. The summed E-state index contributed by atoms with van der Waals surface area (Å²) >= 11 is 0. The van der Waals surface area contributed by atoms with Crippen LogP contribution in [0.3, 0.4) is 0 Å². The molecule has 0 saturated carbocycles. The number of rotatable bonds is 3. The second kappa shape index (κ2) is 8.28. The van der Waals surface area contributed by atoms with E-state index in [1.54, 1.807) is 0 Å². The molecule has 2 aromatic carbocycles. The number of hydrogen-bond acceptors (Lipinski definition) is 4. The van der Waals surface area contributed by atoms with E-state index in [-0.39, 0.29) is 6.04 Å². The molecule has 1 unspecified atom stereocenters. The maximum absolute atomic E-state index is 6.48. The van der Waals surface area contributed by atoms with Gasteiger partial charge in [0.2, 0.25) is 5.71 Å². The molecule has 0 bridgehead atoms. The van der Waals surface area contributed by atoms with Crippen molar-refractivity contribution in [2.24, 2.45) is 5.92 Å². The van der Waals surface area contributed by atoms with Gasteiger partial charge in [-0.3, -0.25) is 0 Å². The lowest BCUT2D eigenvalue weighted by molar-refractivity contribution is 0.416. The van der Waals surface area contributed by atoms with Crippen LogP contribution in [0.4, 0.5) is 11.5 Å². The van der Waals surface area contributed by atoms with E-state index in [0.717, 1.165) is 52.8 Å². The summed E-state index contributed by atoms with van der Waals surface area (Å²) in [6.45, 7) is 6.53. The Hall–Kier alpha value is -3.66. The van der Waals surface area contributed by atoms with Crippen LogP contribution >= 0.6 is 0 Å². The second-order valence-electron chi connectivity index (χ2n) is 9.60. The van der Waals surface area contributed by atoms with E-state index in [1.807, 2.05) is 13.1 Å². The van der Waals surface area contributed by atoms with Gasteiger partial charge >= 0.3 is 0 Å². The Morgan fingerprint density at radius 3 is 2.62 bits per heavy atom. The summed E-state index contributed by atoms with van der Waals surface area (Å²) in [5.74, 6) is 1.53. The summed E-state index contributed by atoms with van der Waals surface area (Å²) in [6.07, 6.45) is 5.11. The van der Waals surface area contributed by atoms with Crippen LogP contribution in [0.25, 0.3) is 22.1 Å². The first-order chi connectivity index (χ1) is 16.6. The molecule has 0 amide bonds. The summed E-state index contributed by atoms with van der Waals surface area (Å²) in [5.41, 5.74) is 7.54. The quantitative estimate of drug-likeness (QED) is 0.290. The van der Waals surface area contributed by atoms with E-state index in [1.165, 1.54) is 16.7 Å². The normalized spacial score (nSPS) is 18.3. The van der Waals surface area contributed by atoms with Gasteiger partial charge in [0.25, 0.3) is 0 Å². The number of fused-ring (bicyclic) bond motifs is 4. The van der Waals surface area contributed by atoms with Crippen molar-refractivity contribution in [2.45, 2.75) is 46.1 Å². The lowest BCUT2D eigenvalue weighted by Crippen LogP contribution is -2.36. The number of benzene rings is 2. The average Bonchev–Trinajstić information content (AvgIpc) is 3.15. The summed E-state index contributed by atoms with van der Waals surface area (Å²) < 4.78 is 6.48. The maximum atomic E-state index is 6.48. The van der Waals surface area contributed by atoms with Gasteiger partial charge in [0.15, 0.2) is 5.58 Å². The van der Waals surface area contributed by atoms with Gasteiger partial charge in [-0.25, -0.2) is 9.97 Å². The van der Waals surface area contributed by atoms with Crippen LogP contribution < -0.4 is 4.90 Å². The predicted octanol–water partition coefficient (Wildman–Crippen LogP) is 7.32. The molecule has 0 radical (unpaired) electrons. The first kappa shape index (κ1) is 20.9. The minimum atomic E-state index is 0.253. The zero-order chi connectivity index (χ0) is 23.2. The molecular weight excluding hydrogens is 418 g/mol. The fourth-order valence-electron chi connectivity index (χ4n) is 5.52. The van der Waals surface area contributed by atoms with Crippen LogP contribution in [0.5, 0.6) is 0 Å². The van der Waals surface area contributed by atoms with E-state index in [2.05, 4.69) is 90.5 Å². The number of anilines is 2. The van der Waals surface area contributed by atoms with Gasteiger partial charge in [-0.05, 0) is 80.8 Å². The lowest BCUT2D eigenvalue weighted by Gasteiger charge is -2.35. The molecule has 2 atom stereocenters. The van der Waals surface area contributed by atoms with Gasteiger partial charge in [-0.1, -0.05) is 48.5 Å². The van der Waals surface area contributed by atoms with Crippen molar-refractivity contribution in [1.82, 2.24) is 9.97 Å². The minimum absolute atomic E-state index is 0.253. The Kier molecular flexibility index (Phi) is 5.09. The summed E-state index contributed by atoms with van der Waals surface area (Å²) in [6, 6.07) is 23.9. The Morgan fingerprint density at radius 2 is 1.76 bits per heavy atom. The molecule has 6 rings (SSSR count). The van der Waals surface area contributed by atoms with Crippen molar-refractivity contribution < 1.29 is 4.42 Å². The zero-order valence-electron chi connectivity index (χ0n) is 20.0. The summed E-state index contributed by atoms with van der Waals surface area (Å²) in [7, 11) is 0. The highest BCUT2D eigenvalue weighted by Crippen LogP contribution is 2.44. The molecule has 0 N–H and O–H groups in total. The molecule has 4 nitrogen and oxygen atoms in total. The molecular formula is C30H29N3O. The van der Waals surface area contributed by atoms with Crippen LogP contribution in [0, 0.1) is 19.8 Å². The molecule has 3 aromatic heterocycles. The first-order valence-corrected chi connectivity index (χ1v) is 12.2. The maximum Gasteiger partial charge on any atom is 0.227 e. The second-order valence-corrected chi connectivity index (χ2v) is 9.60. The van der Waals surface area contributed by atoms with Crippen molar-refractivity contribution >= 4 is 33.6 Å². The van der Waals surface area contributed by atoms with E-state index >= 15 is 0 Å². The molecule has 0 aliphatic carbocycles. The third-order valence-electron chi connectivity index (χ3n) is 7.37. The van der Waals surface area contributed by atoms with Crippen LogP contribution in [0.15, 0.2) is 77.3 Å². The van der Waals surface area contributed by atoms with Crippen LogP contribution in [-0.2, 0) is 12.8 Å². The monoisotopic (exact) mass is 447 g/mol. The Morgan fingerprint density at radius 1 is 0.941 bits per heavy atom. The molecule has 170 valence electrons. The van der Waals surface area contributed by atoms with Gasteiger partial charge in [-0.2, -0.15) is 0 Å². The van der Waals surface area contributed by atoms with Crippen LogP contribution in [-0.4, -0.2) is 16.0 Å².